The fourth-order valence-corrected chi connectivity index (χ4v) is 2.64. The van der Waals surface area contributed by atoms with Crippen molar-refractivity contribution in [3.63, 3.8) is 0 Å². The second-order valence-corrected chi connectivity index (χ2v) is 6.15. The predicted octanol–water partition coefficient (Wildman–Crippen LogP) is 2.88. The van der Waals surface area contributed by atoms with Crippen LogP contribution in [0.1, 0.15) is 19.3 Å². The molecule has 1 aliphatic rings. The summed E-state index contributed by atoms with van der Waals surface area (Å²) < 4.78 is 12.8. The van der Waals surface area contributed by atoms with Gasteiger partial charge < -0.3 is 10.6 Å². The Morgan fingerprint density at radius 1 is 1.30 bits per heavy atom. The SMILES string of the molecule is CN=C(NCCCSc1ccc(F)cc1)NCC1CC1. The van der Waals surface area contributed by atoms with E-state index in [4.69, 9.17) is 0 Å². The first-order valence-corrected chi connectivity index (χ1v) is 8.09. The van der Waals surface area contributed by atoms with Crippen LogP contribution in [0.25, 0.3) is 0 Å². The lowest BCUT2D eigenvalue weighted by Gasteiger charge is -2.11. The molecule has 0 aliphatic heterocycles. The predicted molar refractivity (Wildman–Crippen MR) is 83.8 cm³/mol. The molecule has 0 saturated heterocycles. The molecule has 0 radical (unpaired) electrons. The Labute approximate surface area is 124 Å². The molecule has 110 valence electrons. The second-order valence-electron chi connectivity index (χ2n) is 4.98. The summed E-state index contributed by atoms with van der Waals surface area (Å²) in [6.07, 6.45) is 3.74. The van der Waals surface area contributed by atoms with Gasteiger partial charge in [-0.25, -0.2) is 4.39 Å². The lowest BCUT2D eigenvalue weighted by molar-refractivity contribution is 0.626. The minimum absolute atomic E-state index is 0.179. The Bertz CT molecular complexity index is 429. The zero-order valence-corrected chi connectivity index (χ0v) is 12.7. The summed E-state index contributed by atoms with van der Waals surface area (Å²) in [6.45, 7) is 1.93. The van der Waals surface area contributed by atoms with Crippen molar-refractivity contribution in [2.75, 3.05) is 25.9 Å². The topological polar surface area (TPSA) is 36.4 Å². The van der Waals surface area contributed by atoms with Crippen LogP contribution >= 0.6 is 11.8 Å². The summed E-state index contributed by atoms with van der Waals surface area (Å²) in [6, 6.07) is 6.65. The second kappa shape index (κ2) is 8.15. The van der Waals surface area contributed by atoms with Crippen molar-refractivity contribution in [1.29, 1.82) is 0 Å². The molecule has 0 atom stereocenters. The number of halogens is 1. The van der Waals surface area contributed by atoms with Crippen LogP contribution < -0.4 is 10.6 Å². The summed E-state index contributed by atoms with van der Waals surface area (Å²) in [5, 5.41) is 6.65. The van der Waals surface area contributed by atoms with Crippen LogP contribution in [0.15, 0.2) is 34.2 Å². The average Bonchev–Trinajstić information content (AvgIpc) is 3.28. The minimum Gasteiger partial charge on any atom is -0.356 e. The summed E-state index contributed by atoms with van der Waals surface area (Å²) in [5.41, 5.74) is 0. The number of hydrogen-bond acceptors (Lipinski definition) is 2. The molecule has 3 nitrogen and oxygen atoms in total. The highest BCUT2D eigenvalue weighted by molar-refractivity contribution is 7.99. The number of aliphatic imine (C=N–C) groups is 1. The van der Waals surface area contributed by atoms with Crippen LogP contribution in [0, 0.1) is 11.7 Å². The van der Waals surface area contributed by atoms with Crippen molar-refractivity contribution in [2.45, 2.75) is 24.2 Å². The number of nitrogens with one attached hydrogen (secondary N) is 2. The molecule has 0 heterocycles. The third-order valence-electron chi connectivity index (χ3n) is 3.17. The number of guanidine groups is 1. The lowest BCUT2D eigenvalue weighted by atomic mass is 10.4. The molecule has 0 amide bonds. The van der Waals surface area contributed by atoms with Gasteiger partial charge in [-0.1, -0.05) is 0 Å². The van der Waals surface area contributed by atoms with Crippen molar-refractivity contribution in [2.24, 2.45) is 10.9 Å². The highest BCUT2D eigenvalue weighted by atomic mass is 32.2. The van der Waals surface area contributed by atoms with Gasteiger partial charge in [0.05, 0.1) is 0 Å². The van der Waals surface area contributed by atoms with E-state index in [-0.39, 0.29) is 5.82 Å². The fourth-order valence-electron chi connectivity index (χ4n) is 1.78. The fraction of sp³-hybridized carbons (Fsp3) is 0.533. The van der Waals surface area contributed by atoms with Crippen LogP contribution in [0.3, 0.4) is 0 Å². The van der Waals surface area contributed by atoms with Gasteiger partial charge in [0.2, 0.25) is 0 Å². The van der Waals surface area contributed by atoms with E-state index in [0.29, 0.717) is 0 Å². The maximum Gasteiger partial charge on any atom is 0.190 e. The molecule has 1 aliphatic carbocycles. The molecule has 5 heteroatoms. The Morgan fingerprint density at radius 3 is 2.70 bits per heavy atom. The number of benzene rings is 1. The summed E-state index contributed by atoms with van der Waals surface area (Å²) in [7, 11) is 1.80. The van der Waals surface area contributed by atoms with Gasteiger partial charge in [0, 0.05) is 25.0 Å². The Morgan fingerprint density at radius 2 is 2.05 bits per heavy atom. The molecule has 2 N–H and O–H groups in total. The van der Waals surface area contributed by atoms with Gasteiger partial charge in [-0.15, -0.1) is 11.8 Å². The molecule has 2 rings (SSSR count). The van der Waals surface area contributed by atoms with Gasteiger partial charge in [0.1, 0.15) is 5.82 Å². The smallest absolute Gasteiger partial charge is 0.190 e. The van der Waals surface area contributed by atoms with E-state index in [2.05, 4.69) is 15.6 Å². The molecule has 0 bridgehead atoms. The first kappa shape index (κ1) is 15.2. The van der Waals surface area contributed by atoms with Gasteiger partial charge in [-0.3, -0.25) is 4.99 Å². The van der Waals surface area contributed by atoms with Gasteiger partial charge >= 0.3 is 0 Å². The molecule has 0 aromatic heterocycles. The third-order valence-corrected chi connectivity index (χ3v) is 4.27. The Kier molecular flexibility index (Phi) is 6.18. The van der Waals surface area contributed by atoms with E-state index in [1.54, 1.807) is 18.8 Å². The lowest BCUT2D eigenvalue weighted by Crippen LogP contribution is -2.38. The maximum atomic E-state index is 12.8. The largest absolute Gasteiger partial charge is 0.356 e. The van der Waals surface area contributed by atoms with E-state index in [0.717, 1.165) is 42.0 Å². The first-order chi connectivity index (χ1) is 9.78. The van der Waals surface area contributed by atoms with Crippen LogP contribution in [-0.2, 0) is 0 Å². The van der Waals surface area contributed by atoms with Crippen LogP contribution in [0.4, 0.5) is 4.39 Å². The molecule has 1 fully saturated rings. The van der Waals surface area contributed by atoms with Crippen LogP contribution in [0.5, 0.6) is 0 Å². The summed E-state index contributed by atoms with van der Waals surface area (Å²) in [5.74, 6) is 2.57. The molecule has 1 aromatic rings. The highest BCUT2D eigenvalue weighted by Gasteiger charge is 2.20. The molecular weight excluding hydrogens is 273 g/mol. The van der Waals surface area contributed by atoms with E-state index in [9.17, 15) is 4.39 Å². The molecule has 20 heavy (non-hydrogen) atoms. The third kappa shape index (κ3) is 5.82. The molecule has 1 saturated carbocycles. The molecular formula is C15H22FN3S. The van der Waals surface area contributed by atoms with Crippen molar-refractivity contribution in [3.05, 3.63) is 30.1 Å². The van der Waals surface area contributed by atoms with Crippen LogP contribution in [-0.4, -0.2) is 31.8 Å². The molecule has 0 unspecified atom stereocenters. The number of thioether (sulfide) groups is 1. The van der Waals surface area contributed by atoms with Crippen LogP contribution in [0.2, 0.25) is 0 Å². The van der Waals surface area contributed by atoms with E-state index in [1.165, 1.54) is 25.0 Å². The number of nitrogens with zero attached hydrogens (tertiary/aromatic N) is 1. The van der Waals surface area contributed by atoms with Gasteiger partial charge in [0.25, 0.3) is 0 Å². The van der Waals surface area contributed by atoms with Crippen molar-refractivity contribution < 1.29 is 4.39 Å². The minimum atomic E-state index is -0.179. The maximum absolute atomic E-state index is 12.8. The Hall–Kier alpha value is -1.23. The van der Waals surface area contributed by atoms with Gasteiger partial charge in [-0.05, 0) is 55.2 Å². The first-order valence-electron chi connectivity index (χ1n) is 7.11. The van der Waals surface area contributed by atoms with E-state index in [1.807, 2.05) is 12.1 Å². The number of rotatable bonds is 7. The summed E-state index contributed by atoms with van der Waals surface area (Å²) in [4.78, 5) is 5.31. The van der Waals surface area contributed by atoms with Crippen molar-refractivity contribution >= 4 is 17.7 Å². The van der Waals surface area contributed by atoms with Gasteiger partial charge in [0.15, 0.2) is 5.96 Å². The average molecular weight is 295 g/mol. The standard InChI is InChI=1S/C15H22FN3S/c1-17-15(19-11-12-3-4-12)18-9-2-10-20-14-7-5-13(16)6-8-14/h5-8,12H,2-4,9-11H2,1H3,(H2,17,18,19). The summed E-state index contributed by atoms with van der Waals surface area (Å²) >= 11 is 1.75. The van der Waals surface area contributed by atoms with Crippen molar-refractivity contribution in [1.82, 2.24) is 10.6 Å². The molecule has 1 aromatic carbocycles. The number of hydrogen-bond donors (Lipinski definition) is 2. The highest BCUT2D eigenvalue weighted by Crippen LogP contribution is 2.27. The zero-order valence-electron chi connectivity index (χ0n) is 11.9. The van der Waals surface area contributed by atoms with Crippen molar-refractivity contribution in [3.8, 4) is 0 Å². The zero-order chi connectivity index (χ0) is 14.2. The van der Waals surface area contributed by atoms with Gasteiger partial charge in [-0.2, -0.15) is 0 Å². The normalized spacial score (nSPS) is 15.2. The monoisotopic (exact) mass is 295 g/mol. The van der Waals surface area contributed by atoms with E-state index >= 15 is 0 Å². The quantitative estimate of drug-likeness (QED) is 0.351. The Balaban J connectivity index is 1.54. The van der Waals surface area contributed by atoms with E-state index < -0.39 is 0 Å². The molecule has 0 spiro atoms.